The highest BCUT2D eigenvalue weighted by Gasteiger charge is 2.27. The molecule has 0 saturated carbocycles. The number of halogens is 1. The highest BCUT2D eigenvalue weighted by molar-refractivity contribution is 6.30. The van der Waals surface area contributed by atoms with Crippen molar-refractivity contribution in [1.29, 1.82) is 0 Å². The van der Waals surface area contributed by atoms with Crippen molar-refractivity contribution in [3.8, 4) is 0 Å². The Balaban J connectivity index is 1.47. The zero-order valence-corrected chi connectivity index (χ0v) is 16.1. The lowest BCUT2D eigenvalue weighted by atomic mass is 10.0. The number of aromatic amines is 1. The molecule has 1 saturated heterocycles. The zero-order valence-electron chi connectivity index (χ0n) is 15.3. The molecule has 4 rings (SSSR count). The summed E-state index contributed by atoms with van der Waals surface area (Å²) >= 11 is 6.15. The van der Waals surface area contributed by atoms with Gasteiger partial charge in [-0.3, -0.25) is 4.79 Å². The summed E-state index contributed by atoms with van der Waals surface area (Å²) in [5.74, 6) is 1.01. The van der Waals surface area contributed by atoms with Crippen LogP contribution in [0.4, 0.5) is 0 Å². The second-order valence-corrected chi connectivity index (χ2v) is 7.45. The third kappa shape index (κ3) is 3.84. The number of amides is 1. The molecule has 27 heavy (non-hydrogen) atoms. The number of aryl methyl sites for hydroxylation is 2. The quantitative estimate of drug-likeness (QED) is 0.724. The molecule has 5 nitrogen and oxygen atoms in total. The first-order valence-corrected chi connectivity index (χ1v) is 9.69. The lowest BCUT2D eigenvalue weighted by Crippen LogP contribution is -2.48. The van der Waals surface area contributed by atoms with E-state index in [1.54, 1.807) is 0 Å². The number of piperazine rings is 1. The van der Waals surface area contributed by atoms with Crippen LogP contribution in [0.5, 0.6) is 0 Å². The van der Waals surface area contributed by atoms with Gasteiger partial charge in [-0.15, -0.1) is 0 Å². The SMILES string of the molecule is Cc1cccc2[nH]c(CCC(=O)N3CCNCC3c3cccc(Cl)c3)nc12. The van der Waals surface area contributed by atoms with Crippen molar-refractivity contribution in [2.45, 2.75) is 25.8 Å². The second-order valence-electron chi connectivity index (χ2n) is 7.02. The predicted molar refractivity (Wildman–Crippen MR) is 108 cm³/mol. The van der Waals surface area contributed by atoms with E-state index in [9.17, 15) is 4.79 Å². The number of H-pyrrole nitrogens is 1. The Labute approximate surface area is 163 Å². The summed E-state index contributed by atoms with van der Waals surface area (Å²) in [6, 6.07) is 13.9. The van der Waals surface area contributed by atoms with Crippen LogP contribution in [-0.4, -0.2) is 40.4 Å². The fourth-order valence-electron chi connectivity index (χ4n) is 3.73. The van der Waals surface area contributed by atoms with E-state index in [1.807, 2.05) is 41.3 Å². The molecular weight excluding hydrogens is 360 g/mol. The summed E-state index contributed by atoms with van der Waals surface area (Å²) < 4.78 is 0. The Morgan fingerprint density at radius 1 is 1.30 bits per heavy atom. The minimum absolute atomic E-state index is 0.0165. The first kappa shape index (κ1) is 18.0. The standard InChI is InChI=1S/C21H23ClN4O/c1-14-4-2-7-17-21(14)25-19(24-17)8-9-20(27)26-11-10-23-13-18(26)15-5-3-6-16(22)12-15/h2-7,12,18,23H,8-11,13H2,1H3,(H,24,25). The average molecular weight is 383 g/mol. The van der Waals surface area contributed by atoms with E-state index >= 15 is 0 Å². The number of carbonyl (C=O) groups excluding carboxylic acids is 1. The van der Waals surface area contributed by atoms with Gasteiger partial charge in [0.05, 0.1) is 17.1 Å². The lowest BCUT2D eigenvalue weighted by molar-refractivity contribution is -0.134. The maximum Gasteiger partial charge on any atom is 0.223 e. The minimum Gasteiger partial charge on any atom is -0.342 e. The van der Waals surface area contributed by atoms with Gasteiger partial charge in [-0.05, 0) is 36.2 Å². The van der Waals surface area contributed by atoms with E-state index in [-0.39, 0.29) is 11.9 Å². The fourth-order valence-corrected chi connectivity index (χ4v) is 3.93. The number of nitrogens with zero attached hydrogens (tertiary/aromatic N) is 2. The molecule has 2 aromatic carbocycles. The van der Waals surface area contributed by atoms with Crippen molar-refractivity contribution in [3.05, 3.63) is 64.4 Å². The van der Waals surface area contributed by atoms with Crippen LogP contribution in [0, 0.1) is 6.92 Å². The molecular formula is C21H23ClN4O. The van der Waals surface area contributed by atoms with Gasteiger partial charge >= 0.3 is 0 Å². The minimum atomic E-state index is 0.0165. The summed E-state index contributed by atoms with van der Waals surface area (Å²) in [5.41, 5.74) is 4.22. The lowest BCUT2D eigenvalue weighted by Gasteiger charge is -2.36. The number of benzene rings is 2. The summed E-state index contributed by atoms with van der Waals surface area (Å²) in [4.78, 5) is 22.9. The number of imidazole rings is 1. The summed E-state index contributed by atoms with van der Waals surface area (Å²) in [7, 11) is 0. The van der Waals surface area contributed by atoms with E-state index in [4.69, 9.17) is 11.6 Å². The molecule has 2 N–H and O–H groups in total. The number of carbonyl (C=O) groups is 1. The molecule has 140 valence electrons. The van der Waals surface area contributed by atoms with Crippen LogP contribution in [0.2, 0.25) is 5.02 Å². The van der Waals surface area contributed by atoms with Crippen LogP contribution in [0.3, 0.4) is 0 Å². The van der Waals surface area contributed by atoms with Crippen LogP contribution < -0.4 is 5.32 Å². The summed E-state index contributed by atoms with van der Waals surface area (Å²) in [6.45, 7) is 4.31. The predicted octanol–water partition coefficient (Wildman–Crippen LogP) is 3.63. The van der Waals surface area contributed by atoms with E-state index in [0.29, 0.717) is 24.4 Å². The molecule has 1 aromatic heterocycles. The molecule has 0 spiro atoms. The third-order valence-corrected chi connectivity index (χ3v) is 5.37. The number of nitrogens with one attached hydrogen (secondary N) is 2. The Morgan fingerprint density at radius 3 is 2.96 bits per heavy atom. The highest BCUT2D eigenvalue weighted by atomic mass is 35.5. The maximum atomic E-state index is 12.9. The smallest absolute Gasteiger partial charge is 0.223 e. The molecule has 3 aromatic rings. The number of para-hydroxylation sites is 1. The topological polar surface area (TPSA) is 61.0 Å². The van der Waals surface area contributed by atoms with Gasteiger partial charge in [-0.2, -0.15) is 0 Å². The molecule has 1 aliphatic rings. The summed E-state index contributed by atoms with van der Waals surface area (Å²) in [6.07, 6.45) is 1.05. The van der Waals surface area contributed by atoms with E-state index in [0.717, 1.165) is 41.1 Å². The molecule has 2 heterocycles. The number of rotatable bonds is 4. The Bertz CT molecular complexity index is 968. The fraction of sp³-hybridized carbons (Fsp3) is 0.333. The third-order valence-electron chi connectivity index (χ3n) is 5.14. The second kappa shape index (κ2) is 7.71. The molecule has 1 aliphatic heterocycles. The van der Waals surface area contributed by atoms with Crippen LogP contribution in [0.25, 0.3) is 11.0 Å². The van der Waals surface area contributed by atoms with Crippen LogP contribution in [-0.2, 0) is 11.2 Å². The van der Waals surface area contributed by atoms with Crippen LogP contribution in [0.1, 0.15) is 29.4 Å². The van der Waals surface area contributed by atoms with Gasteiger partial charge in [0.1, 0.15) is 5.82 Å². The van der Waals surface area contributed by atoms with Gasteiger partial charge in [0.15, 0.2) is 0 Å². The Morgan fingerprint density at radius 2 is 2.15 bits per heavy atom. The molecule has 1 fully saturated rings. The first-order chi connectivity index (χ1) is 13.1. The van der Waals surface area contributed by atoms with Gasteiger partial charge in [0.2, 0.25) is 5.91 Å². The number of aromatic nitrogens is 2. The van der Waals surface area contributed by atoms with E-state index < -0.39 is 0 Å². The van der Waals surface area contributed by atoms with Gasteiger partial charge in [-0.25, -0.2) is 4.98 Å². The molecule has 1 amide bonds. The van der Waals surface area contributed by atoms with Crippen molar-refractivity contribution < 1.29 is 4.79 Å². The Kier molecular flexibility index (Phi) is 5.14. The number of hydrogen-bond donors (Lipinski definition) is 2. The van der Waals surface area contributed by atoms with Gasteiger partial charge in [0.25, 0.3) is 0 Å². The van der Waals surface area contributed by atoms with Crippen molar-refractivity contribution in [1.82, 2.24) is 20.2 Å². The molecule has 0 bridgehead atoms. The average Bonchev–Trinajstić information content (AvgIpc) is 3.11. The number of hydrogen-bond acceptors (Lipinski definition) is 3. The zero-order chi connectivity index (χ0) is 18.8. The van der Waals surface area contributed by atoms with Crippen LogP contribution >= 0.6 is 11.6 Å². The monoisotopic (exact) mass is 382 g/mol. The van der Waals surface area contributed by atoms with Crippen molar-refractivity contribution in [2.75, 3.05) is 19.6 Å². The molecule has 0 aliphatic carbocycles. The van der Waals surface area contributed by atoms with Crippen molar-refractivity contribution >= 4 is 28.5 Å². The van der Waals surface area contributed by atoms with Gasteiger partial charge in [0, 0.05) is 37.5 Å². The van der Waals surface area contributed by atoms with E-state index in [2.05, 4.69) is 28.3 Å². The van der Waals surface area contributed by atoms with E-state index in [1.165, 1.54) is 0 Å². The molecule has 0 radical (unpaired) electrons. The molecule has 1 atom stereocenters. The van der Waals surface area contributed by atoms with Gasteiger partial charge in [-0.1, -0.05) is 35.9 Å². The first-order valence-electron chi connectivity index (χ1n) is 9.31. The largest absolute Gasteiger partial charge is 0.342 e. The van der Waals surface area contributed by atoms with Crippen LogP contribution in [0.15, 0.2) is 42.5 Å². The van der Waals surface area contributed by atoms with Crippen molar-refractivity contribution in [3.63, 3.8) is 0 Å². The van der Waals surface area contributed by atoms with Gasteiger partial charge < -0.3 is 15.2 Å². The molecule has 6 heteroatoms. The Hall–Kier alpha value is -2.37. The number of fused-ring (bicyclic) bond motifs is 1. The highest BCUT2D eigenvalue weighted by Crippen LogP contribution is 2.25. The maximum absolute atomic E-state index is 12.9. The normalized spacial score (nSPS) is 17.4. The summed E-state index contributed by atoms with van der Waals surface area (Å²) in [5, 5.41) is 4.08. The molecule has 1 unspecified atom stereocenters. The van der Waals surface area contributed by atoms with Crippen molar-refractivity contribution in [2.24, 2.45) is 0 Å².